The largest absolute Gasteiger partial charge is 0.316 e. The fraction of sp³-hybridized carbons (Fsp3) is 0.417. The van der Waals surface area contributed by atoms with Crippen LogP contribution in [0.1, 0.15) is 5.56 Å². The molecule has 0 amide bonds. The van der Waals surface area contributed by atoms with E-state index < -0.39 is 0 Å². The SMILES string of the molecule is C#CCSCCNCCc1ccncc1. The molecule has 0 radical (unpaired) electrons. The average Bonchev–Trinajstić information content (AvgIpc) is 2.29. The van der Waals surface area contributed by atoms with E-state index in [1.165, 1.54) is 5.56 Å². The third-order valence-corrected chi connectivity index (χ3v) is 2.81. The number of hydrogen-bond donors (Lipinski definition) is 1. The van der Waals surface area contributed by atoms with E-state index in [4.69, 9.17) is 6.42 Å². The molecule has 15 heavy (non-hydrogen) atoms. The fourth-order valence-electron chi connectivity index (χ4n) is 1.18. The molecule has 0 spiro atoms. The molecule has 0 saturated carbocycles. The fourth-order valence-corrected chi connectivity index (χ4v) is 1.73. The Labute approximate surface area is 95.9 Å². The summed E-state index contributed by atoms with van der Waals surface area (Å²) >= 11 is 1.79. The Balaban J connectivity index is 1.96. The van der Waals surface area contributed by atoms with E-state index in [9.17, 15) is 0 Å². The monoisotopic (exact) mass is 220 g/mol. The second-order valence-corrected chi connectivity index (χ2v) is 4.22. The molecule has 1 N–H and O–H groups in total. The highest BCUT2D eigenvalue weighted by atomic mass is 32.2. The second kappa shape index (κ2) is 8.34. The van der Waals surface area contributed by atoms with Gasteiger partial charge in [0.2, 0.25) is 0 Å². The number of nitrogens with one attached hydrogen (secondary N) is 1. The van der Waals surface area contributed by atoms with E-state index in [0.29, 0.717) is 0 Å². The van der Waals surface area contributed by atoms with Gasteiger partial charge in [-0.1, -0.05) is 5.92 Å². The van der Waals surface area contributed by atoms with E-state index in [-0.39, 0.29) is 0 Å². The minimum atomic E-state index is 0.812. The Bertz CT molecular complexity index is 292. The first kappa shape index (κ1) is 12.1. The zero-order chi connectivity index (χ0) is 10.8. The molecule has 0 fully saturated rings. The van der Waals surface area contributed by atoms with Crippen molar-refractivity contribution in [3.8, 4) is 12.3 Å². The van der Waals surface area contributed by atoms with Crippen molar-refractivity contribution in [2.24, 2.45) is 0 Å². The summed E-state index contributed by atoms with van der Waals surface area (Å²) in [6.07, 6.45) is 9.87. The molecular weight excluding hydrogens is 204 g/mol. The van der Waals surface area contributed by atoms with Gasteiger partial charge >= 0.3 is 0 Å². The van der Waals surface area contributed by atoms with Gasteiger partial charge in [-0.15, -0.1) is 18.2 Å². The number of rotatable bonds is 7. The number of thioether (sulfide) groups is 1. The molecule has 2 nitrogen and oxygen atoms in total. The Morgan fingerprint density at radius 1 is 1.33 bits per heavy atom. The van der Waals surface area contributed by atoms with Gasteiger partial charge in [0.1, 0.15) is 0 Å². The molecule has 0 unspecified atom stereocenters. The van der Waals surface area contributed by atoms with Crippen molar-refractivity contribution >= 4 is 11.8 Å². The van der Waals surface area contributed by atoms with Crippen LogP contribution < -0.4 is 5.32 Å². The zero-order valence-corrected chi connectivity index (χ0v) is 9.59. The molecule has 0 aromatic carbocycles. The van der Waals surface area contributed by atoms with Gasteiger partial charge in [0, 0.05) is 24.7 Å². The van der Waals surface area contributed by atoms with E-state index in [1.807, 2.05) is 12.4 Å². The molecular formula is C12H16N2S. The van der Waals surface area contributed by atoms with Crippen LogP contribution in [-0.2, 0) is 6.42 Å². The second-order valence-electron chi connectivity index (χ2n) is 3.11. The third kappa shape index (κ3) is 6.16. The highest BCUT2D eigenvalue weighted by molar-refractivity contribution is 7.99. The van der Waals surface area contributed by atoms with Gasteiger partial charge in [-0.3, -0.25) is 4.98 Å². The molecule has 0 atom stereocenters. The molecule has 0 saturated heterocycles. The molecule has 0 bridgehead atoms. The van der Waals surface area contributed by atoms with Gasteiger partial charge < -0.3 is 5.32 Å². The molecule has 1 rings (SSSR count). The molecule has 0 aliphatic carbocycles. The molecule has 0 aliphatic heterocycles. The maximum atomic E-state index is 5.15. The summed E-state index contributed by atoms with van der Waals surface area (Å²) in [5.74, 6) is 4.51. The molecule has 1 aromatic heterocycles. The van der Waals surface area contributed by atoms with Crippen LogP contribution in [0.4, 0.5) is 0 Å². The van der Waals surface area contributed by atoms with Crippen LogP contribution in [-0.4, -0.2) is 29.6 Å². The number of hydrogen-bond acceptors (Lipinski definition) is 3. The van der Waals surface area contributed by atoms with Crippen LogP contribution in [0.15, 0.2) is 24.5 Å². The predicted molar refractivity (Wildman–Crippen MR) is 67.0 cm³/mol. The van der Waals surface area contributed by atoms with Crippen molar-refractivity contribution in [3.05, 3.63) is 30.1 Å². The van der Waals surface area contributed by atoms with E-state index in [2.05, 4.69) is 28.4 Å². The van der Waals surface area contributed by atoms with Crippen LogP contribution >= 0.6 is 11.8 Å². The molecule has 0 aliphatic rings. The Morgan fingerprint density at radius 3 is 2.87 bits per heavy atom. The van der Waals surface area contributed by atoms with Gasteiger partial charge in [0.05, 0.1) is 5.75 Å². The van der Waals surface area contributed by atoms with Gasteiger partial charge in [0.15, 0.2) is 0 Å². The van der Waals surface area contributed by atoms with Crippen LogP contribution in [0.3, 0.4) is 0 Å². The van der Waals surface area contributed by atoms with E-state index in [1.54, 1.807) is 11.8 Å². The van der Waals surface area contributed by atoms with Crippen molar-refractivity contribution in [2.75, 3.05) is 24.6 Å². The Hall–Kier alpha value is -0.980. The van der Waals surface area contributed by atoms with Crippen molar-refractivity contribution in [1.29, 1.82) is 0 Å². The topological polar surface area (TPSA) is 24.9 Å². The summed E-state index contributed by atoms with van der Waals surface area (Å²) in [6, 6.07) is 4.10. The summed E-state index contributed by atoms with van der Waals surface area (Å²) in [5, 5.41) is 3.38. The zero-order valence-electron chi connectivity index (χ0n) is 8.78. The van der Waals surface area contributed by atoms with Gasteiger partial charge in [-0.25, -0.2) is 0 Å². The van der Waals surface area contributed by atoms with Crippen molar-refractivity contribution in [3.63, 3.8) is 0 Å². The number of nitrogens with zero attached hydrogens (tertiary/aromatic N) is 1. The lowest BCUT2D eigenvalue weighted by molar-refractivity contribution is 0.721. The number of pyridine rings is 1. The smallest absolute Gasteiger partial charge is 0.0545 e. The summed E-state index contributed by atoms with van der Waals surface area (Å²) in [4.78, 5) is 3.98. The highest BCUT2D eigenvalue weighted by Crippen LogP contribution is 1.97. The predicted octanol–water partition coefficient (Wildman–Crippen LogP) is 1.58. The minimum Gasteiger partial charge on any atom is -0.316 e. The highest BCUT2D eigenvalue weighted by Gasteiger charge is 1.91. The van der Waals surface area contributed by atoms with Crippen molar-refractivity contribution in [1.82, 2.24) is 10.3 Å². The van der Waals surface area contributed by atoms with Crippen molar-refractivity contribution < 1.29 is 0 Å². The van der Waals surface area contributed by atoms with E-state index >= 15 is 0 Å². The average molecular weight is 220 g/mol. The maximum absolute atomic E-state index is 5.15. The summed E-state index contributed by atoms with van der Waals surface area (Å²) in [5.41, 5.74) is 1.33. The minimum absolute atomic E-state index is 0.812. The first-order valence-electron chi connectivity index (χ1n) is 5.04. The van der Waals surface area contributed by atoms with Crippen LogP contribution in [0.5, 0.6) is 0 Å². The van der Waals surface area contributed by atoms with Gasteiger partial charge in [-0.2, -0.15) is 0 Å². The third-order valence-electron chi connectivity index (χ3n) is 1.95. The Kier molecular flexibility index (Phi) is 6.72. The molecule has 1 aromatic rings. The van der Waals surface area contributed by atoms with Crippen LogP contribution in [0.25, 0.3) is 0 Å². The number of terminal acetylenes is 1. The van der Waals surface area contributed by atoms with Gasteiger partial charge in [0.25, 0.3) is 0 Å². The standard InChI is InChI=1S/C12H16N2S/c1-2-10-15-11-9-14-8-5-12-3-6-13-7-4-12/h1,3-4,6-7,14H,5,8-11H2. The lowest BCUT2D eigenvalue weighted by atomic mass is 10.2. The summed E-state index contributed by atoms with van der Waals surface area (Å²) in [6.45, 7) is 2.04. The molecule has 3 heteroatoms. The van der Waals surface area contributed by atoms with Crippen LogP contribution in [0.2, 0.25) is 0 Å². The summed E-state index contributed by atoms with van der Waals surface area (Å²) in [7, 11) is 0. The first-order valence-corrected chi connectivity index (χ1v) is 6.20. The lowest BCUT2D eigenvalue weighted by Gasteiger charge is -2.03. The van der Waals surface area contributed by atoms with Crippen LogP contribution in [0, 0.1) is 12.3 Å². The van der Waals surface area contributed by atoms with E-state index in [0.717, 1.165) is 31.0 Å². The quantitative estimate of drug-likeness (QED) is 0.558. The Morgan fingerprint density at radius 2 is 2.13 bits per heavy atom. The first-order chi connectivity index (χ1) is 7.43. The van der Waals surface area contributed by atoms with Crippen molar-refractivity contribution in [2.45, 2.75) is 6.42 Å². The maximum Gasteiger partial charge on any atom is 0.0545 e. The molecule has 80 valence electrons. The van der Waals surface area contributed by atoms with Gasteiger partial charge in [-0.05, 0) is 30.7 Å². The lowest BCUT2D eigenvalue weighted by Crippen LogP contribution is -2.20. The molecule has 1 heterocycles. The summed E-state index contributed by atoms with van der Waals surface area (Å²) < 4.78 is 0. The number of aromatic nitrogens is 1. The normalized spacial score (nSPS) is 9.80.